The number of benzene rings is 1. The van der Waals surface area contributed by atoms with Crippen molar-refractivity contribution < 1.29 is 17.9 Å². The summed E-state index contributed by atoms with van der Waals surface area (Å²) in [6.45, 7) is 1.85. The molecule has 1 aromatic heterocycles. The molecule has 1 heterocycles. The Morgan fingerprint density at radius 3 is 2.57 bits per heavy atom. The molecule has 0 saturated carbocycles. The number of alkyl halides is 3. The number of halogens is 3. The molecule has 21 heavy (non-hydrogen) atoms. The van der Waals surface area contributed by atoms with Crippen molar-refractivity contribution in [2.45, 2.75) is 12.7 Å². The Morgan fingerprint density at radius 2 is 1.95 bits per heavy atom. The van der Waals surface area contributed by atoms with Crippen molar-refractivity contribution >= 4 is 0 Å². The Bertz CT molecular complexity index is 564. The van der Waals surface area contributed by atoms with Gasteiger partial charge in [0.1, 0.15) is 0 Å². The normalized spacial score (nSPS) is 11.8. The van der Waals surface area contributed by atoms with E-state index in [1.54, 1.807) is 13.3 Å². The second kappa shape index (κ2) is 6.73. The summed E-state index contributed by atoms with van der Waals surface area (Å²) in [6, 6.07) is 5.01. The van der Waals surface area contributed by atoms with E-state index in [2.05, 4.69) is 15.5 Å². The van der Waals surface area contributed by atoms with Crippen LogP contribution in [0.2, 0.25) is 0 Å². The molecule has 0 spiro atoms. The van der Waals surface area contributed by atoms with Crippen LogP contribution in [0.1, 0.15) is 11.1 Å². The van der Waals surface area contributed by atoms with Gasteiger partial charge in [0.05, 0.1) is 24.1 Å². The van der Waals surface area contributed by atoms with E-state index in [9.17, 15) is 13.2 Å². The van der Waals surface area contributed by atoms with E-state index in [-0.39, 0.29) is 0 Å². The van der Waals surface area contributed by atoms with Gasteiger partial charge in [-0.1, -0.05) is 12.1 Å². The Morgan fingerprint density at radius 1 is 1.24 bits per heavy atom. The lowest BCUT2D eigenvalue weighted by Crippen LogP contribution is -2.18. The molecule has 0 fully saturated rings. The molecule has 114 valence electrons. The van der Waals surface area contributed by atoms with Crippen LogP contribution < -0.4 is 5.32 Å². The summed E-state index contributed by atoms with van der Waals surface area (Å²) in [4.78, 5) is 0. The number of H-pyrrole nitrogens is 1. The Balaban J connectivity index is 2.10. The van der Waals surface area contributed by atoms with Crippen LogP contribution in [0.25, 0.3) is 11.3 Å². The number of methoxy groups -OCH3 is 1. The van der Waals surface area contributed by atoms with Crippen LogP contribution in [0.4, 0.5) is 13.2 Å². The van der Waals surface area contributed by atoms with Crippen molar-refractivity contribution in [2.24, 2.45) is 0 Å². The average Bonchev–Trinajstić information content (AvgIpc) is 2.91. The van der Waals surface area contributed by atoms with Crippen molar-refractivity contribution in [3.05, 3.63) is 41.6 Å². The van der Waals surface area contributed by atoms with E-state index in [4.69, 9.17) is 4.74 Å². The van der Waals surface area contributed by atoms with Gasteiger partial charge in [0, 0.05) is 25.8 Å². The fourth-order valence-corrected chi connectivity index (χ4v) is 1.92. The Hall–Kier alpha value is -1.86. The highest BCUT2D eigenvalue weighted by molar-refractivity contribution is 5.63. The number of rotatable bonds is 6. The number of nitrogens with zero attached hydrogens (tertiary/aromatic N) is 1. The maximum Gasteiger partial charge on any atom is 0.416 e. The molecule has 0 bridgehead atoms. The number of hydrogen-bond acceptors (Lipinski definition) is 3. The lowest BCUT2D eigenvalue weighted by atomic mass is 10.1. The predicted molar refractivity (Wildman–Crippen MR) is 72.6 cm³/mol. The second-order valence-electron chi connectivity index (χ2n) is 4.51. The molecule has 0 atom stereocenters. The summed E-state index contributed by atoms with van der Waals surface area (Å²) in [5.74, 6) is 0. The molecule has 0 amide bonds. The summed E-state index contributed by atoms with van der Waals surface area (Å²) in [6.07, 6.45) is -2.66. The third kappa shape index (κ3) is 4.05. The SMILES string of the molecule is COCCNCc1cn[nH]c1-c1ccc(C(F)(F)F)cc1. The molecular weight excluding hydrogens is 283 g/mol. The van der Waals surface area contributed by atoms with Gasteiger partial charge in [-0.05, 0) is 17.7 Å². The van der Waals surface area contributed by atoms with E-state index in [0.29, 0.717) is 31.0 Å². The number of nitrogens with one attached hydrogen (secondary N) is 2. The monoisotopic (exact) mass is 299 g/mol. The third-order valence-corrected chi connectivity index (χ3v) is 3.02. The summed E-state index contributed by atoms with van der Waals surface area (Å²) < 4.78 is 42.5. The van der Waals surface area contributed by atoms with Crippen molar-refractivity contribution in [1.29, 1.82) is 0 Å². The van der Waals surface area contributed by atoms with Crippen molar-refractivity contribution in [3.63, 3.8) is 0 Å². The zero-order valence-corrected chi connectivity index (χ0v) is 11.5. The summed E-state index contributed by atoms with van der Waals surface area (Å²) in [7, 11) is 1.62. The summed E-state index contributed by atoms with van der Waals surface area (Å²) >= 11 is 0. The standard InChI is InChI=1S/C14H16F3N3O/c1-21-7-6-18-8-11-9-19-20-13(11)10-2-4-12(5-3-10)14(15,16)17/h2-5,9,18H,6-8H2,1H3,(H,19,20). The van der Waals surface area contributed by atoms with E-state index in [1.807, 2.05) is 0 Å². The molecule has 1 aromatic carbocycles. The van der Waals surface area contributed by atoms with Gasteiger partial charge in [-0.15, -0.1) is 0 Å². The predicted octanol–water partition coefficient (Wildman–Crippen LogP) is 2.83. The third-order valence-electron chi connectivity index (χ3n) is 3.02. The second-order valence-corrected chi connectivity index (χ2v) is 4.51. The first kappa shape index (κ1) is 15.5. The minimum Gasteiger partial charge on any atom is -0.383 e. The first-order chi connectivity index (χ1) is 10.0. The zero-order valence-electron chi connectivity index (χ0n) is 11.5. The largest absolute Gasteiger partial charge is 0.416 e. The molecule has 0 radical (unpaired) electrons. The van der Waals surface area contributed by atoms with Gasteiger partial charge in [0.25, 0.3) is 0 Å². The first-order valence-electron chi connectivity index (χ1n) is 6.42. The van der Waals surface area contributed by atoms with Gasteiger partial charge in [-0.25, -0.2) is 0 Å². The molecular formula is C14H16F3N3O. The van der Waals surface area contributed by atoms with E-state index in [0.717, 1.165) is 17.7 Å². The van der Waals surface area contributed by atoms with Gasteiger partial charge >= 0.3 is 6.18 Å². The highest BCUT2D eigenvalue weighted by atomic mass is 19.4. The van der Waals surface area contributed by atoms with E-state index < -0.39 is 11.7 Å². The van der Waals surface area contributed by atoms with Crippen LogP contribution in [0.3, 0.4) is 0 Å². The Kier molecular flexibility index (Phi) is 4.98. The van der Waals surface area contributed by atoms with Crippen LogP contribution >= 0.6 is 0 Å². The molecule has 0 aliphatic carbocycles. The smallest absolute Gasteiger partial charge is 0.383 e. The molecule has 0 aliphatic heterocycles. The van der Waals surface area contributed by atoms with E-state index >= 15 is 0 Å². The molecule has 2 rings (SSSR count). The Labute approximate surface area is 120 Å². The summed E-state index contributed by atoms with van der Waals surface area (Å²) in [5, 5.41) is 9.94. The first-order valence-corrected chi connectivity index (χ1v) is 6.42. The maximum atomic E-state index is 12.5. The molecule has 0 unspecified atom stereocenters. The zero-order chi connectivity index (χ0) is 15.3. The highest BCUT2D eigenvalue weighted by Crippen LogP contribution is 2.31. The molecule has 4 nitrogen and oxygen atoms in total. The highest BCUT2D eigenvalue weighted by Gasteiger charge is 2.30. The fraction of sp³-hybridized carbons (Fsp3) is 0.357. The molecule has 0 aliphatic rings. The van der Waals surface area contributed by atoms with Crippen LogP contribution in [-0.2, 0) is 17.5 Å². The molecule has 2 aromatic rings. The van der Waals surface area contributed by atoms with Gasteiger partial charge in [-0.2, -0.15) is 18.3 Å². The maximum absolute atomic E-state index is 12.5. The van der Waals surface area contributed by atoms with Crippen LogP contribution in [0, 0.1) is 0 Å². The van der Waals surface area contributed by atoms with Gasteiger partial charge in [-0.3, -0.25) is 5.10 Å². The van der Waals surface area contributed by atoms with Gasteiger partial charge in [0.15, 0.2) is 0 Å². The fourth-order valence-electron chi connectivity index (χ4n) is 1.92. The van der Waals surface area contributed by atoms with Crippen molar-refractivity contribution in [3.8, 4) is 11.3 Å². The quantitative estimate of drug-likeness (QED) is 0.806. The van der Waals surface area contributed by atoms with Crippen LogP contribution in [-0.4, -0.2) is 30.5 Å². The number of aromatic nitrogens is 2. The van der Waals surface area contributed by atoms with Crippen LogP contribution in [0.5, 0.6) is 0 Å². The molecule has 2 N–H and O–H groups in total. The van der Waals surface area contributed by atoms with Crippen LogP contribution in [0.15, 0.2) is 30.5 Å². The molecule has 0 saturated heterocycles. The lowest BCUT2D eigenvalue weighted by Gasteiger charge is -2.08. The minimum atomic E-state index is -4.32. The average molecular weight is 299 g/mol. The van der Waals surface area contributed by atoms with Crippen molar-refractivity contribution in [1.82, 2.24) is 15.5 Å². The number of hydrogen-bond donors (Lipinski definition) is 2. The minimum absolute atomic E-state index is 0.566. The number of aromatic amines is 1. The lowest BCUT2D eigenvalue weighted by molar-refractivity contribution is -0.137. The van der Waals surface area contributed by atoms with Crippen molar-refractivity contribution in [2.75, 3.05) is 20.3 Å². The topological polar surface area (TPSA) is 49.9 Å². The number of ether oxygens (including phenoxy) is 1. The van der Waals surface area contributed by atoms with Gasteiger partial charge in [0.2, 0.25) is 0 Å². The molecule has 7 heteroatoms. The van der Waals surface area contributed by atoms with Gasteiger partial charge < -0.3 is 10.1 Å². The van der Waals surface area contributed by atoms with E-state index in [1.165, 1.54) is 12.1 Å². The summed E-state index contributed by atoms with van der Waals surface area (Å²) in [5.41, 5.74) is 1.62.